The number of hydrogen-bond acceptors (Lipinski definition) is 5. The maximum Gasteiger partial charge on any atom is 0.295 e. The molecule has 0 bridgehead atoms. The van der Waals surface area contributed by atoms with Crippen molar-refractivity contribution in [2.24, 2.45) is 0 Å². The van der Waals surface area contributed by atoms with Crippen LogP contribution in [-0.2, 0) is 14.4 Å². The Balaban J connectivity index is 2.11. The van der Waals surface area contributed by atoms with Gasteiger partial charge < -0.3 is 19.9 Å². The summed E-state index contributed by atoms with van der Waals surface area (Å²) in [4.78, 5) is 37.0. The maximum absolute atomic E-state index is 14.5. The first kappa shape index (κ1) is 19.3. The topological polar surface area (TPSA) is 97.7 Å². The van der Waals surface area contributed by atoms with Gasteiger partial charge in [0.25, 0.3) is 11.7 Å². The van der Waals surface area contributed by atoms with Gasteiger partial charge in [-0.25, -0.2) is 4.39 Å². The standard InChI is InChI=1S/C21H18FNO5/c22-15-10-5-4-9-14(15)18-17(19(26)13-7-2-1-3-8-13)20(27)21(28)23(18)12-6-11-16(24)25/h1-5,7-10,18,26H,6,11-12H2,(H,24,25)/p-1/t18-/m0/s1. The number of benzene rings is 2. The van der Waals surface area contributed by atoms with E-state index >= 15 is 0 Å². The van der Waals surface area contributed by atoms with Crippen molar-refractivity contribution in [3.63, 3.8) is 0 Å². The third-order valence-corrected chi connectivity index (χ3v) is 4.57. The van der Waals surface area contributed by atoms with Crippen LogP contribution in [0.25, 0.3) is 5.76 Å². The fraction of sp³-hybridized carbons (Fsp3) is 0.190. The lowest BCUT2D eigenvalue weighted by Gasteiger charge is -2.25. The van der Waals surface area contributed by atoms with E-state index in [1.807, 2.05) is 0 Å². The van der Waals surface area contributed by atoms with Crippen LogP contribution in [0, 0.1) is 5.82 Å². The molecule has 1 N–H and O–H groups in total. The van der Waals surface area contributed by atoms with Crippen molar-refractivity contribution >= 4 is 23.4 Å². The molecule has 0 saturated carbocycles. The molecule has 0 unspecified atom stereocenters. The van der Waals surface area contributed by atoms with Crippen molar-refractivity contribution < 1.29 is 29.0 Å². The van der Waals surface area contributed by atoms with Crippen LogP contribution in [0.15, 0.2) is 60.2 Å². The van der Waals surface area contributed by atoms with Gasteiger partial charge in [0.05, 0.1) is 11.6 Å². The van der Waals surface area contributed by atoms with Crippen molar-refractivity contribution in [2.75, 3.05) is 6.54 Å². The van der Waals surface area contributed by atoms with E-state index < -0.39 is 35.3 Å². The summed E-state index contributed by atoms with van der Waals surface area (Å²) < 4.78 is 14.5. The highest BCUT2D eigenvalue weighted by atomic mass is 19.1. The fourth-order valence-corrected chi connectivity index (χ4v) is 3.28. The van der Waals surface area contributed by atoms with Crippen LogP contribution in [-0.4, -0.2) is 34.2 Å². The van der Waals surface area contributed by atoms with E-state index in [9.17, 15) is 29.0 Å². The Bertz CT molecular complexity index is 954. The number of hydrogen-bond donors (Lipinski definition) is 1. The summed E-state index contributed by atoms with van der Waals surface area (Å²) in [5.41, 5.74) is 0.138. The molecule has 1 aliphatic heterocycles. The van der Waals surface area contributed by atoms with Crippen LogP contribution in [0.3, 0.4) is 0 Å². The molecule has 28 heavy (non-hydrogen) atoms. The van der Waals surface area contributed by atoms with Crippen molar-refractivity contribution in [1.82, 2.24) is 4.90 Å². The summed E-state index contributed by atoms with van der Waals surface area (Å²) in [5, 5.41) is 21.4. The minimum Gasteiger partial charge on any atom is -0.550 e. The highest BCUT2D eigenvalue weighted by Gasteiger charge is 2.46. The van der Waals surface area contributed by atoms with Crippen LogP contribution in [0.4, 0.5) is 4.39 Å². The third kappa shape index (κ3) is 3.64. The van der Waals surface area contributed by atoms with Gasteiger partial charge in [0.2, 0.25) is 0 Å². The second kappa shape index (κ2) is 8.04. The highest BCUT2D eigenvalue weighted by Crippen LogP contribution is 2.40. The Hall–Kier alpha value is -3.48. The second-order valence-electron chi connectivity index (χ2n) is 6.36. The van der Waals surface area contributed by atoms with E-state index in [2.05, 4.69) is 0 Å². The van der Waals surface area contributed by atoms with Crippen molar-refractivity contribution in [3.05, 3.63) is 77.1 Å². The van der Waals surface area contributed by atoms with Gasteiger partial charge in [-0.05, 0) is 18.9 Å². The number of nitrogens with zero attached hydrogens (tertiary/aromatic N) is 1. The second-order valence-corrected chi connectivity index (χ2v) is 6.36. The third-order valence-electron chi connectivity index (χ3n) is 4.57. The lowest BCUT2D eigenvalue weighted by atomic mass is 9.95. The number of aliphatic carboxylic acids is 1. The average molecular weight is 382 g/mol. The lowest BCUT2D eigenvalue weighted by Crippen LogP contribution is -2.32. The van der Waals surface area contributed by atoms with E-state index in [-0.39, 0.29) is 30.5 Å². The molecule has 2 aromatic carbocycles. The number of ketones is 1. The molecule has 6 nitrogen and oxygen atoms in total. The summed E-state index contributed by atoms with van der Waals surface area (Å²) in [6, 6.07) is 12.7. The molecule has 144 valence electrons. The Labute approximate surface area is 160 Å². The largest absolute Gasteiger partial charge is 0.550 e. The first-order chi connectivity index (χ1) is 13.4. The average Bonchev–Trinajstić information content (AvgIpc) is 2.93. The quantitative estimate of drug-likeness (QED) is 0.467. The van der Waals surface area contributed by atoms with Crippen LogP contribution in [0.2, 0.25) is 0 Å². The molecule has 1 amide bonds. The summed E-state index contributed by atoms with van der Waals surface area (Å²) in [6.07, 6.45) is -0.280. The highest BCUT2D eigenvalue weighted by molar-refractivity contribution is 6.46. The zero-order valence-corrected chi connectivity index (χ0v) is 14.8. The van der Waals surface area contributed by atoms with Crippen molar-refractivity contribution in [3.8, 4) is 0 Å². The number of likely N-dealkylation sites (tertiary alicyclic amines) is 1. The molecule has 0 aromatic heterocycles. The normalized spacial score (nSPS) is 18.5. The molecule has 0 spiro atoms. The van der Waals surface area contributed by atoms with Crippen molar-refractivity contribution in [1.29, 1.82) is 0 Å². The van der Waals surface area contributed by atoms with E-state index in [1.165, 1.54) is 18.2 Å². The molecule has 7 heteroatoms. The zero-order chi connectivity index (χ0) is 20.3. The molecule has 3 rings (SSSR count). The number of carbonyl (C=O) groups excluding carboxylic acids is 3. The minimum atomic E-state index is -1.29. The molecule has 1 atom stereocenters. The van der Waals surface area contributed by atoms with Gasteiger partial charge in [0, 0.05) is 23.6 Å². The van der Waals surface area contributed by atoms with Crippen LogP contribution in [0.5, 0.6) is 0 Å². The molecule has 0 aliphatic carbocycles. The van der Waals surface area contributed by atoms with Crippen molar-refractivity contribution in [2.45, 2.75) is 18.9 Å². The van der Waals surface area contributed by atoms with Crippen LogP contribution >= 0.6 is 0 Å². The summed E-state index contributed by atoms with van der Waals surface area (Å²) >= 11 is 0. The van der Waals surface area contributed by atoms with Gasteiger partial charge >= 0.3 is 0 Å². The predicted octanol–water partition coefficient (Wildman–Crippen LogP) is 1.78. The summed E-state index contributed by atoms with van der Waals surface area (Å²) in [5.74, 6) is -4.19. The Morgan fingerprint density at radius 1 is 1.07 bits per heavy atom. The van der Waals surface area contributed by atoms with Gasteiger partial charge in [0.1, 0.15) is 11.6 Å². The van der Waals surface area contributed by atoms with E-state index in [4.69, 9.17) is 0 Å². The minimum absolute atomic E-state index is 0.0334. The number of carbonyl (C=O) groups is 3. The van der Waals surface area contributed by atoms with Crippen LogP contribution in [0.1, 0.15) is 30.0 Å². The molecule has 1 saturated heterocycles. The summed E-state index contributed by atoms with van der Waals surface area (Å²) in [6.45, 7) is -0.0941. The number of carboxylic acids is 1. The van der Waals surface area contributed by atoms with Gasteiger partial charge in [-0.2, -0.15) is 0 Å². The lowest BCUT2D eigenvalue weighted by molar-refractivity contribution is -0.305. The number of aliphatic hydroxyl groups excluding tert-OH is 1. The monoisotopic (exact) mass is 382 g/mol. The first-order valence-electron chi connectivity index (χ1n) is 8.70. The van der Waals surface area contributed by atoms with E-state index in [0.717, 1.165) is 4.90 Å². The Morgan fingerprint density at radius 3 is 2.36 bits per heavy atom. The van der Waals surface area contributed by atoms with E-state index in [0.29, 0.717) is 5.56 Å². The zero-order valence-electron chi connectivity index (χ0n) is 14.8. The molecule has 1 fully saturated rings. The summed E-state index contributed by atoms with van der Waals surface area (Å²) in [7, 11) is 0. The van der Waals surface area contributed by atoms with E-state index in [1.54, 1.807) is 36.4 Å². The Kier molecular flexibility index (Phi) is 5.54. The molecule has 1 heterocycles. The number of Topliss-reactive ketones (excluding diaryl/α,β-unsaturated/α-hetero) is 1. The SMILES string of the molecule is O=C([O-])CCCN1C(=O)C(=O)C(=C(O)c2ccccc2)[C@@H]1c1ccccc1F. The molecule has 1 aliphatic rings. The number of aliphatic hydroxyl groups is 1. The molecule has 0 radical (unpaired) electrons. The van der Waals surface area contributed by atoms with Gasteiger partial charge in [-0.3, -0.25) is 9.59 Å². The molecular formula is C21H17FNO5-. The molecular weight excluding hydrogens is 365 g/mol. The van der Waals surface area contributed by atoms with Crippen LogP contribution < -0.4 is 5.11 Å². The first-order valence-corrected chi connectivity index (χ1v) is 8.70. The fourth-order valence-electron chi connectivity index (χ4n) is 3.28. The number of halogens is 1. The van der Waals surface area contributed by atoms with Gasteiger partial charge in [0.15, 0.2) is 0 Å². The number of amides is 1. The number of carboxylic acid groups (broad SMARTS) is 1. The number of rotatable bonds is 6. The van der Waals surface area contributed by atoms with Gasteiger partial charge in [-0.15, -0.1) is 0 Å². The smallest absolute Gasteiger partial charge is 0.295 e. The molecule has 2 aromatic rings. The van der Waals surface area contributed by atoms with Gasteiger partial charge in [-0.1, -0.05) is 48.5 Å². The Morgan fingerprint density at radius 2 is 1.71 bits per heavy atom. The predicted molar refractivity (Wildman–Crippen MR) is 96.1 cm³/mol. The maximum atomic E-state index is 14.5.